The highest BCUT2D eigenvalue weighted by molar-refractivity contribution is 5.79. The van der Waals surface area contributed by atoms with E-state index >= 15 is 0 Å². The van der Waals surface area contributed by atoms with Gasteiger partial charge in [0.2, 0.25) is 5.91 Å². The van der Waals surface area contributed by atoms with Crippen molar-refractivity contribution in [1.82, 2.24) is 10.6 Å². The van der Waals surface area contributed by atoms with Gasteiger partial charge >= 0.3 is 0 Å². The number of rotatable bonds is 8. The van der Waals surface area contributed by atoms with E-state index in [1.54, 1.807) is 0 Å². The largest absolute Gasteiger partial charge is 0.389 e. The molecule has 1 aliphatic rings. The average Bonchev–Trinajstić information content (AvgIpc) is 2.82. The van der Waals surface area contributed by atoms with E-state index in [1.165, 1.54) is 7.11 Å². The standard InChI is InChI=1S/C12H24N2O4/c1-3-4-13-11-8-18-7-10(11)12(16)14-5-9(15)6-17-2/h9-11,13,15H,3-8H2,1-2H3,(H,14,16). The number of carbonyl (C=O) groups excluding carboxylic acids is 1. The van der Waals surface area contributed by atoms with Crippen molar-refractivity contribution in [1.29, 1.82) is 0 Å². The summed E-state index contributed by atoms with van der Waals surface area (Å²) in [5, 5.41) is 15.5. The van der Waals surface area contributed by atoms with Crippen LogP contribution in [0.25, 0.3) is 0 Å². The van der Waals surface area contributed by atoms with Crippen molar-refractivity contribution in [3.63, 3.8) is 0 Å². The molecule has 1 rings (SSSR count). The normalized spacial score (nSPS) is 25.1. The van der Waals surface area contributed by atoms with Gasteiger partial charge in [-0.3, -0.25) is 4.79 Å². The molecule has 1 heterocycles. The Balaban J connectivity index is 2.31. The first-order valence-corrected chi connectivity index (χ1v) is 6.44. The number of methoxy groups -OCH3 is 1. The first-order chi connectivity index (χ1) is 8.69. The van der Waals surface area contributed by atoms with Crippen LogP contribution in [0.5, 0.6) is 0 Å². The van der Waals surface area contributed by atoms with Crippen LogP contribution in [-0.2, 0) is 14.3 Å². The van der Waals surface area contributed by atoms with Gasteiger partial charge in [0.05, 0.1) is 31.8 Å². The molecule has 0 spiro atoms. The van der Waals surface area contributed by atoms with E-state index in [0.29, 0.717) is 13.2 Å². The molecule has 18 heavy (non-hydrogen) atoms. The molecule has 106 valence electrons. The van der Waals surface area contributed by atoms with Crippen molar-refractivity contribution in [2.24, 2.45) is 5.92 Å². The molecule has 3 atom stereocenters. The Morgan fingerprint density at radius 2 is 2.33 bits per heavy atom. The minimum atomic E-state index is -0.664. The molecule has 0 aromatic rings. The average molecular weight is 260 g/mol. The predicted molar refractivity (Wildman–Crippen MR) is 67.3 cm³/mol. The van der Waals surface area contributed by atoms with E-state index < -0.39 is 6.10 Å². The van der Waals surface area contributed by atoms with Crippen LogP contribution in [0.3, 0.4) is 0 Å². The van der Waals surface area contributed by atoms with Crippen molar-refractivity contribution in [3.8, 4) is 0 Å². The maximum absolute atomic E-state index is 11.9. The third-order valence-electron chi connectivity index (χ3n) is 2.94. The fourth-order valence-corrected chi connectivity index (χ4v) is 1.94. The number of nitrogens with one attached hydrogen (secondary N) is 2. The molecule has 1 saturated heterocycles. The van der Waals surface area contributed by atoms with Crippen LogP contribution >= 0.6 is 0 Å². The molecular formula is C12H24N2O4. The van der Waals surface area contributed by atoms with Crippen LogP contribution in [0.15, 0.2) is 0 Å². The minimum Gasteiger partial charge on any atom is -0.389 e. The van der Waals surface area contributed by atoms with E-state index in [2.05, 4.69) is 17.6 Å². The van der Waals surface area contributed by atoms with E-state index in [4.69, 9.17) is 9.47 Å². The first-order valence-electron chi connectivity index (χ1n) is 6.44. The van der Waals surface area contributed by atoms with Gasteiger partial charge < -0.3 is 25.2 Å². The Morgan fingerprint density at radius 3 is 3.00 bits per heavy atom. The molecule has 0 bridgehead atoms. The lowest BCUT2D eigenvalue weighted by Crippen LogP contribution is -2.46. The van der Waals surface area contributed by atoms with Crippen LogP contribution in [-0.4, -0.2) is 63.2 Å². The van der Waals surface area contributed by atoms with E-state index in [0.717, 1.165) is 13.0 Å². The van der Waals surface area contributed by atoms with Crippen molar-refractivity contribution < 1.29 is 19.4 Å². The zero-order valence-electron chi connectivity index (χ0n) is 11.1. The number of hydrogen-bond acceptors (Lipinski definition) is 5. The summed E-state index contributed by atoms with van der Waals surface area (Å²) in [6.45, 7) is 4.40. The van der Waals surface area contributed by atoms with Crippen molar-refractivity contribution in [2.75, 3.05) is 40.0 Å². The third-order valence-corrected chi connectivity index (χ3v) is 2.94. The molecular weight excluding hydrogens is 236 g/mol. The Morgan fingerprint density at radius 1 is 1.56 bits per heavy atom. The second-order valence-electron chi connectivity index (χ2n) is 4.56. The van der Waals surface area contributed by atoms with Crippen molar-refractivity contribution in [2.45, 2.75) is 25.5 Å². The number of ether oxygens (including phenoxy) is 2. The Kier molecular flexibility index (Phi) is 7.19. The summed E-state index contributed by atoms with van der Waals surface area (Å²) in [4.78, 5) is 11.9. The molecule has 3 unspecified atom stereocenters. The second-order valence-corrected chi connectivity index (χ2v) is 4.56. The summed E-state index contributed by atoms with van der Waals surface area (Å²) in [6.07, 6.45) is 0.362. The van der Waals surface area contributed by atoms with Crippen molar-refractivity contribution >= 4 is 5.91 Å². The Labute approximate surface area is 108 Å². The molecule has 6 nitrogen and oxygen atoms in total. The lowest BCUT2D eigenvalue weighted by Gasteiger charge is -2.19. The van der Waals surface area contributed by atoms with E-state index in [-0.39, 0.29) is 31.0 Å². The molecule has 1 amide bonds. The maximum atomic E-state index is 11.9. The summed E-state index contributed by atoms with van der Waals surface area (Å²) in [7, 11) is 1.51. The topological polar surface area (TPSA) is 79.8 Å². The quantitative estimate of drug-likeness (QED) is 0.528. The lowest BCUT2D eigenvalue weighted by molar-refractivity contribution is -0.126. The minimum absolute atomic E-state index is 0.0729. The van der Waals surface area contributed by atoms with Crippen LogP contribution in [0.1, 0.15) is 13.3 Å². The van der Waals surface area contributed by atoms with E-state index in [9.17, 15) is 9.90 Å². The Bertz CT molecular complexity index is 250. The highest BCUT2D eigenvalue weighted by atomic mass is 16.5. The van der Waals surface area contributed by atoms with Crippen LogP contribution in [0, 0.1) is 5.92 Å². The molecule has 0 aliphatic carbocycles. The van der Waals surface area contributed by atoms with Gasteiger partial charge in [-0.2, -0.15) is 0 Å². The van der Waals surface area contributed by atoms with Gasteiger partial charge in [-0.1, -0.05) is 6.92 Å². The summed E-state index contributed by atoms with van der Waals surface area (Å²) >= 11 is 0. The van der Waals surface area contributed by atoms with Gasteiger partial charge in [-0.05, 0) is 13.0 Å². The number of aliphatic hydroxyl groups is 1. The monoisotopic (exact) mass is 260 g/mol. The van der Waals surface area contributed by atoms with Gasteiger partial charge in [0, 0.05) is 19.7 Å². The SMILES string of the molecule is CCCNC1COCC1C(=O)NCC(O)COC. The number of amides is 1. The lowest BCUT2D eigenvalue weighted by atomic mass is 10.0. The summed E-state index contributed by atoms with van der Waals surface area (Å²) in [5.74, 6) is -0.248. The van der Waals surface area contributed by atoms with Gasteiger partial charge in [0.25, 0.3) is 0 Å². The molecule has 1 fully saturated rings. The fraction of sp³-hybridized carbons (Fsp3) is 0.917. The van der Waals surface area contributed by atoms with Gasteiger partial charge in [0.15, 0.2) is 0 Å². The molecule has 0 aromatic carbocycles. The molecule has 0 aromatic heterocycles. The van der Waals surface area contributed by atoms with Crippen LogP contribution in [0.4, 0.5) is 0 Å². The highest BCUT2D eigenvalue weighted by Crippen LogP contribution is 2.13. The zero-order valence-corrected chi connectivity index (χ0v) is 11.1. The van der Waals surface area contributed by atoms with Gasteiger partial charge in [-0.25, -0.2) is 0 Å². The van der Waals surface area contributed by atoms with Gasteiger partial charge in [0.1, 0.15) is 0 Å². The van der Waals surface area contributed by atoms with E-state index in [1.807, 2.05) is 0 Å². The number of aliphatic hydroxyl groups excluding tert-OH is 1. The summed E-state index contributed by atoms with van der Waals surface area (Å²) in [5.41, 5.74) is 0. The predicted octanol–water partition coefficient (Wildman–Crippen LogP) is -0.875. The first kappa shape index (κ1) is 15.4. The molecule has 0 radical (unpaired) electrons. The molecule has 0 saturated carbocycles. The van der Waals surface area contributed by atoms with Crippen LogP contribution < -0.4 is 10.6 Å². The molecule has 6 heteroatoms. The summed E-state index contributed by atoms with van der Waals surface area (Å²) in [6, 6.07) is 0.0736. The third kappa shape index (κ3) is 4.89. The zero-order chi connectivity index (χ0) is 13.4. The highest BCUT2D eigenvalue weighted by Gasteiger charge is 2.33. The number of hydrogen-bond donors (Lipinski definition) is 3. The number of carbonyl (C=O) groups is 1. The fourth-order valence-electron chi connectivity index (χ4n) is 1.94. The summed E-state index contributed by atoms with van der Waals surface area (Å²) < 4.78 is 10.1. The van der Waals surface area contributed by atoms with Crippen LogP contribution in [0.2, 0.25) is 0 Å². The van der Waals surface area contributed by atoms with Gasteiger partial charge in [-0.15, -0.1) is 0 Å². The smallest absolute Gasteiger partial charge is 0.227 e. The van der Waals surface area contributed by atoms with Crippen molar-refractivity contribution in [3.05, 3.63) is 0 Å². The molecule has 1 aliphatic heterocycles. The maximum Gasteiger partial charge on any atom is 0.227 e. The molecule has 3 N–H and O–H groups in total. The second kappa shape index (κ2) is 8.42. The Hall–Kier alpha value is -0.690.